The zero-order chi connectivity index (χ0) is 14.5. The van der Waals surface area contributed by atoms with Crippen LogP contribution in [0.3, 0.4) is 0 Å². The summed E-state index contributed by atoms with van der Waals surface area (Å²) < 4.78 is 11.1. The molecule has 1 atom stereocenters. The highest BCUT2D eigenvalue weighted by Gasteiger charge is 2.20. The molecule has 0 fully saturated rings. The lowest BCUT2D eigenvalue weighted by Crippen LogP contribution is -2.16. The number of rotatable bonds is 6. The van der Waals surface area contributed by atoms with Gasteiger partial charge in [0.15, 0.2) is 11.5 Å². The predicted molar refractivity (Wildman–Crippen MR) is 80.0 cm³/mol. The predicted octanol–water partition coefficient (Wildman–Crippen LogP) is 4.36. The average Bonchev–Trinajstić information content (AvgIpc) is 2.47. The number of ether oxygens (including phenoxy) is 2. The SMILES string of the molecule is CCC(=O)CCC(CC)c1cc2c(cc1Cl)OCCO2. The van der Waals surface area contributed by atoms with E-state index in [1.165, 1.54) is 0 Å². The third-order valence-electron chi connectivity index (χ3n) is 3.76. The van der Waals surface area contributed by atoms with Gasteiger partial charge in [-0.3, -0.25) is 4.79 Å². The number of fused-ring (bicyclic) bond motifs is 1. The molecule has 20 heavy (non-hydrogen) atoms. The van der Waals surface area contributed by atoms with E-state index < -0.39 is 0 Å². The summed E-state index contributed by atoms with van der Waals surface area (Å²) in [6.45, 7) is 5.15. The highest BCUT2D eigenvalue weighted by atomic mass is 35.5. The van der Waals surface area contributed by atoms with Crippen molar-refractivity contribution in [1.29, 1.82) is 0 Å². The lowest BCUT2D eigenvalue weighted by atomic mass is 9.90. The van der Waals surface area contributed by atoms with Gasteiger partial charge in [-0.05, 0) is 30.4 Å². The van der Waals surface area contributed by atoms with E-state index in [1.807, 2.05) is 19.1 Å². The van der Waals surface area contributed by atoms with E-state index in [-0.39, 0.29) is 5.92 Å². The van der Waals surface area contributed by atoms with Gasteiger partial charge in [-0.15, -0.1) is 0 Å². The molecule has 0 bridgehead atoms. The summed E-state index contributed by atoms with van der Waals surface area (Å²) in [6.07, 6.45) is 3.00. The van der Waals surface area contributed by atoms with Crippen LogP contribution in [0, 0.1) is 0 Å². The molecule has 0 aromatic heterocycles. The van der Waals surface area contributed by atoms with Gasteiger partial charge in [0.1, 0.15) is 19.0 Å². The molecular weight excluding hydrogens is 276 g/mol. The molecule has 0 amide bonds. The maximum absolute atomic E-state index is 11.5. The van der Waals surface area contributed by atoms with Crippen LogP contribution in [-0.2, 0) is 4.79 Å². The van der Waals surface area contributed by atoms with Crippen molar-refractivity contribution in [3.8, 4) is 11.5 Å². The fourth-order valence-electron chi connectivity index (χ4n) is 2.48. The first kappa shape index (κ1) is 15.2. The Morgan fingerprint density at radius 2 is 1.90 bits per heavy atom. The fraction of sp³-hybridized carbons (Fsp3) is 0.562. The van der Waals surface area contributed by atoms with Gasteiger partial charge in [0.05, 0.1) is 0 Å². The molecule has 0 saturated carbocycles. The fourth-order valence-corrected chi connectivity index (χ4v) is 2.79. The first-order chi connectivity index (χ1) is 9.65. The van der Waals surface area contributed by atoms with Crippen LogP contribution in [0.1, 0.15) is 51.0 Å². The number of hydrogen-bond acceptors (Lipinski definition) is 3. The van der Waals surface area contributed by atoms with Crippen LogP contribution in [0.5, 0.6) is 11.5 Å². The van der Waals surface area contributed by atoms with Gasteiger partial charge in [-0.2, -0.15) is 0 Å². The first-order valence-corrected chi connectivity index (χ1v) is 7.64. The molecule has 0 radical (unpaired) electrons. The summed E-state index contributed by atoms with van der Waals surface area (Å²) in [5, 5.41) is 0.699. The Labute approximate surface area is 125 Å². The molecule has 0 spiro atoms. The third kappa shape index (κ3) is 3.45. The molecular formula is C16H21ClO3. The quantitative estimate of drug-likeness (QED) is 0.782. The monoisotopic (exact) mass is 296 g/mol. The Morgan fingerprint density at radius 3 is 2.50 bits per heavy atom. The molecule has 1 aromatic carbocycles. The Morgan fingerprint density at radius 1 is 1.25 bits per heavy atom. The van der Waals surface area contributed by atoms with Crippen LogP contribution < -0.4 is 9.47 Å². The van der Waals surface area contributed by atoms with E-state index >= 15 is 0 Å². The zero-order valence-electron chi connectivity index (χ0n) is 12.1. The molecule has 3 nitrogen and oxygen atoms in total. The van der Waals surface area contributed by atoms with Gasteiger partial charge >= 0.3 is 0 Å². The van der Waals surface area contributed by atoms with Gasteiger partial charge in [-0.25, -0.2) is 0 Å². The minimum Gasteiger partial charge on any atom is -0.486 e. The summed E-state index contributed by atoms with van der Waals surface area (Å²) in [7, 11) is 0. The van der Waals surface area contributed by atoms with Crippen molar-refractivity contribution >= 4 is 17.4 Å². The second kappa shape index (κ2) is 6.98. The Kier molecular flexibility index (Phi) is 5.30. The number of carbonyl (C=O) groups excluding carboxylic acids is 1. The largest absolute Gasteiger partial charge is 0.486 e. The minimum atomic E-state index is 0.286. The number of carbonyl (C=O) groups is 1. The van der Waals surface area contributed by atoms with Gasteiger partial charge < -0.3 is 9.47 Å². The Hall–Kier alpha value is -1.22. The highest BCUT2D eigenvalue weighted by molar-refractivity contribution is 6.31. The molecule has 0 N–H and O–H groups in total. The highest BCUT2D eigenvalue weighted by Crippen LogP contribution is 2.40. The number of hydrogen-bond donors (Lipinski definition) is 0. The number of Topliss-reactive ketones (excluding diaryl/α,β-unsaturated/α-hetero) is 1. The summed E-state index contributed by atoms with van der Waals surface area (Å²) in [5.74, 6) is 2.06. The van der Waals surface area contributed by atoms with Gasteiger partial charge in [0.2, 0.25) is 0 Å². The van der Waals surface area contributed by atoms with Crippen LogP contribution in [0.15, 0.2) is 12.1 Å². The molecule has 2 rings (SSSR count). The van der Waals surface area contributed by atoms with E-state index in [1.54, 1.807) is 0 Å². The summed E-state index contributed by atoms with van der Waals surface area (Å²) in [6, 6.07) is 3.80. The maximum Gasteiger partial charge on any atom is 0.162 e. The Bertz CT molecular complexity index is 485. The van der Waals surface area contributed by atoms with Crippen molar-refractivity contribution < 1.29 is 14.3 Å². The van der Waals surface area contributed by atoms with Gasteiger partial charge in [0, 0.05) is 23.9 Å². The minimum absolute atomic E-state index is 0.286. The normalized spacial score (nSPS) is 14.9. The number of benzene rings is 1. The van der Waals surface area contributed by atoms with Crippen molar-refractivity contribution in [2.24, 2.45) is 0 Å². The van der Waals surface area contributed by atoms with Crippen molar-refractivity contribution in [3.63, 3.8) is 0 Å². The van der Waals surface area contributed by atoms with Crippen LogP contribution in [0.4, 0.5) is 0 Å². The van der Waals surface area contributed by atoms with E-state index in [9.17, 15) is 4.79 Å². The standard InChI is InChI=1S/C16H21ClO3/c1-3-11(5-6-12(18)4-2)13-9-15-16(10-14(13)17)20-8-7-19-15/h9-11H,3-8H2,1-2H3. The van der Waals surface area contributed by atoms with Crippen LogP contribution in [0.25, 0.3) is 0 Å². The number of halogens is 1. The molecule has 1 aromatic rings. The van der Waals surface area contributed by atoms with Gasteiger partial charge in [0.25, 0.3) is 0 Å². The second-order valence-electron chi connectivity index (χ2n) is 5.05. The molecule has 0 aliphatic carbocycles. The smallest absolute Gasteiger partial charge is 0.162 e. The maximum atomic E-state index is 11.5. The second-order valence-corrected chi connectivity index (χ2v) is 5.46. The third-order valence-corrected chi connectivity index (χ3v) is 4.09. The lowest BCUT2D eigenvalue weighted by molar-refractivity contribution is -0.118. The zero-order valence-corrected chi connectivity index (χ0v) is 12.8. The molecule has 4 heteroatoms. The van der Waals surface area contributed by atoms with Crippen LogP contribution in [0.2, 0.25) is 5.02 Å². The van der Waals surface area contributed by atoms with E-state index in [0.717, 1.165) is 24.2 Å². The van der Waals surface area contributed by atoms with E-state index in [0.29, 0.717) is 42.6 Å². The van der Waals surface area contributed by atoms with Crippen molar-refractivity contribution in [1.82, 2.24) is 0 Å². The van der Waals surface area contributed by atoms with Gasteiger partial charge in [-0.1, -0.05) is 25.4 Å². The van der Waals surface area contributed by atoms with Crippen LogP contribution in [-0.4, -0.2) is 19.0 Å². The molecule has 1 unspecified atom stereocenters. The first-order valence-electron chi connectivity index (χ1n) is 7.26. The lowest BCUT2D eigenvalue weighted by Gasteiger charge is -2.23. The molecule has 1 aliphatic rings. The van der Waals surface area contributed by atoms with Crippen molar-refractivity contribution in [2.75, 3.05) is 13.2 Å². The van der Waals surface area contributed by atoms with Crippen molar-refractivity contribution in [2.45, 2.75) is 45.4 Å². The average molecular weight is 297 g/mol. The summed E-state index contributed by atoms with van der Waals surface area (Å²) >= 11 is 6.36. The Balaban J connectivity index is 2.18. The summed E-state index contributed by atoms with van der Waals surface area (Å²) in [4.78, 5) is 11.5. The molecule has 110 valence electrons. The summed E-state index contributed by atoms with van der Waals surface area (Å²) in [5.41, 5.74) is 1.06. The van der Waals surface area contributed by atoms with Crippen LogP contribution >= 0.6 is 11.6 Å². The topological polar surface area (TPSA) is 35.5 Å². The van der Waals surface area contributed by atoms with Crippen molar-refractivity contribution in [3.05, 3.63) is 22.7 Å². The van der Waals surface area contributed by atoms with E-state index in [4.69, 9.17) is 21.1 Å². The number of ketones is 1. The molecule has 1 heterocycles. The molecule has 1 aliphatic heterocycles. The molecule has 0 saturated heterocycles. The van der Waals surface area contributed by atoms with E-state index in [2.05, 4.69) is 6.92 Å².